The van der Waals surface area contributed by atoms with E-state index in [0.29, 0.717) is 23.6 Å². The normalized spacial score (nSPS) is 16.1. The van der Waals surface area contributed by atoms with Crippen LogP contribution in [0.3, 0.4) is 0 Å². The van der Waals surface area contributed by atoms with Gasteiger partial charge in [-0.25, -0.2) is 0 Å². The van der Waals surface area contributed by atoms with E-state index < -0.39 is 0 Å². The summed E-state index contributed by atoms with van der Waals surface area (Å²) in [4.78, 5) is 17.1. The second kappa shape index (κ2) is 8.39. The first-order chi connectivity index (χ1) is 13.7. The van der Waals surface area contributed by atoms with Gasteiger partial charge in [0.15, 0.2) is 11.5 Å². The van der Waals surface area contributed by atoms with E-state index in [4.69, 9.17) is 14.2 Å². The minimum atomic E-state index is -0.0917. The van der Waals surface area contributed by atoms with E-state index in [2.05, 4.69) is 21.2 Å². The molecule has 1 N–H and O–H groups in total. The number of para-hydroxylation sites is 2. The average Bonchev–Trinajstić information content (AvgIpc) is 3.22. The van der Waals surface area contributed by atoms with Crippen LogP contribution in [-0.2, 0) is 0 Å². The molecule has 0 saturated carbocycles. The summed E-state index contributed by atoms with van der Waals surface area (Å²) in [6.07, 6.45) is 0. The van der Waals surface area contributed by atoms with Crippen LogP contribution in [0.15, 0.2) is 42.5 Å². The van der Waals surface area contributed by atoms with Crippen molar-refractivity contribution in [3.8, 4) is 17.2 Å². The van der Waals surface area contributed by atoms with Gasteiger partial charge in [-0.15, -0.1) is 0 Å². The van der Waals surface area contributed by atoms with E-state index in [1.54, 1.807) is 25.3 Å². The van der Waals surface area contributed by atoms with Gasteiger partial charge in [0.05, 0.1) is 12.8 Å². The van der Waals surface area contributed by atoms with E-state index in [9.17, 15) is 4.79 Å². The predicted molar refractivity (Wildman–Crippen MR) is 107 cm³/mol. The van der Waals surface area contributed by atoms with E-state index in [-0.39, 0.29) is 12.7 Å². The molecule has 0 bridgehead atoms. The maximum absolute atomic E-state index is 12.3. The van der Waals surface area contributed by atoms with Crippen LogP contribution in [0, 0.1) is 0 Å². The van der Waals surface area contributed by atoms with Crippen LogP contribution >= 0.6 is 0 Å². The van der Waals surface area contributed by atoms with Crippen LogP contribution in [0.25, 0.3) is 0 Å². The van der Waals surface area contributed by atoms with Crippen molar-refractivity contribution in [1.82, 2.24) is 10.2 Å². The van der Waals surface area contributed by atoms with E-state index >= 15 is 0 Å². The molecule has 28 heavy (non-hydrogen) atoms. The number of methoxy groups -OCH3 is 1. The largest absolute Gasteiger partial charge is 0.495 e. The van der Waals surface area contributed by atoms with Gasteiger partial charge < -0.3 is 24.4 Å². The van der Waals surface area contributed by atoms with Gasteiger partial charge >= 0.3 is 0 Å². The lowest BCUT2D eigenvalue weighted by Crippen LogP contribution is -2.48. The molecule has 0 spiro atoms. The van der Waals surface area contributed by atoms with Crippen LogP contribution in [0.5, 0.6) is 17.2 Å². The Kier molecular flexibility index (Phi) is 5.53. The van der Waals surface area contributed by atoms with Crippen molar-refractivity contribution in [3.05, 3.63) is 48.0 Å². The summed E-state index contributed by atoms with van der Waals surface area (Å²) in [6, 6.07) is 13.4. The number of carbonyl (C=O) groups excluding carboxylic acids is 1. The number of hydrogen-bond acceptors (Lipinski definition) is 6. The number of rotatable bonds is 6. The third kappa shape index (κ3) is 3.99. The first-order valence-corrected chi connectivity index (χ1v) is 9.53. The number of carbonyl (C=O) groups is 1. The molecule has 148 valence electrons. The minimum Gasteiger partial charge on any atom is -0.495 e. The zero-order chi connectivity index (χ0) is 19.3. The lowest BCUT2D eigenvalue weighted by atomic mass is 10.2. The summed E-state index contributed by atoms with van der Waals surface area (Å²) in [5, 5.41) is 2.99. The molecule has 7 nitrogen and oxygen atoms in total. The van der Waals surface area contributed by atoms with Crippen molar-refractivity contribution in [3.63, 3.8) is 0 Å². The lowest BCUT2D eigenvalue weighted by Gasteiger charge is -2.36. The molecule has 1 fully saturated rings. The Balaban J connectivity index is 1.23. The Morgan fingerprint density at radius 2 is 1.86 bits per heavy atom. The molecule has 0 unspecified atom stereocenters. The van der Waals surface area contributed by atoms with Crippen LogP contribution in [0.4, 0.5) is 5.69 Å². The SMILES string of the molecule is COc1ccccc1N1CCN(CCNC(=O)c2ccc3c(c2)OCO3)CC1. The number of piperazine rings is 1. The van der Waals surface area contributed by atoms with E-state index in [0.717, 1.165) is 44.2 Å². The molecule has 0 atom stereocenters. The molecule has 2 aromatic rings. The number of nitrogens with one attached hydrogen (secondary N) is 1. The topological polar surface area (TPSA) is 63.3 Å². The van der Waals surface area contributed by atoms with Crippen LogP contribution in [0.1, 0.15) is 10.4 Å². The second-order valence-electron chi connectivity index (χ2n) is 6.82. The maximum atomic E-state index is 12.3. The summed E-state index contributed by atoms with van der Waals surface area (Å²) < 4.78 is 16.1. The van der Waals surface area contributed by atoms with Gasteiger partial charge in [-0.3, -0.25) is 9.69 Å². The number of hydrogen-bond donors (Lipinski definition) is 1. The number of ether oxygens (including phenoxy) is 3. The third-order valence-electron chi connectivity index (χ3n) is 5.15. The molecule has 4 rings (SSSR count). The molecule has 2 aliphatic rings. The Morgan fingerprint density at radius 1 is 1.07 bits per heavy atom. The summed E-state index contributed by atoms with van der Waals surface area (Å²) in [7, 11) is 1.71. The van der Waals surface area contributed by atoms with Gasteiger partial charge in [-0.1, -0.05) is 12.1 Å². The first kappa shape index (κ1) is 18.4. The predicted octanol–water partition coefficient (Wildman–Crippen LogP) is 1.98. The van der Waals surface area contributed by atoms with Gasteiger partial charge in [0.25, 0.3) is 5.91 Å². The van der Waals surface area contributed by atoms with Crippen molar-refractivity contribution >= 4 is 11.6 Å². The maximum Gasteiger partial charge on any atom is 0.251 e. The molecule has 0 aliphatic carbocycles. The van der Waals surface area contributed by atoms with Gasteiger partial charge in [-0.05, 0) is 30.3 Å². The molecule has 1 saturated heterocycles. The highest BCUT2D eigenvalue weighted by molar-refractivity contribution is 5.94. The zero-order valence-corrected chi connectivity index (χ0v) is 16.0. The van der Waals surface area contributed by atoms with Crippen LogP contribution < -0.4 is 24.4 Å². The molecule has 7 heteroatoms. The number of nitrogens with zero attached hydrogens (tertiary/aromatic N) is 2. The van der Waals surface area contributed by atoms with E-state index in [1.807, 2.05) is 18.2 Å². The molecule has 0 aromatic heterocycles. The van der Waals surface area contributed by atoms with Gasteiger partial charge in [0, 0.05) is 44.8 Å². The lowest BCUT2D eigenvalue weighted by molar-refractivity contribution is 0.0947. The smallest absolute Gasteiger partial charge is 0.251 e. The Labute approximate surface area is 164 Å². The fraction of sp³-hybridized carbons (Fsp3) is 0.381. The first-order valence-electron chi connectivity index (χ1n) is 9.53. The van der Waals surface area contributed by atoms with Crippen LogP contribution in [0.2, 0.25) is 0 Å². The summed E-state index contributed by atoms with van der Waals surface area (Å²) in [5.41, 5.74) is 1.73. The zero-order valence-electron chi connectivity index (χ0n) is 16.0. The summed E-state index contributed by atoms with van der Waals surface area (Å²) in [5.74, 6) is 2.13. The third-order valence-corrected chi connectivity index (χ3v) is 5.15. The van der Waals surface area contributed by atoms with Gasteiger partial charge in [0.2, 0.25) is 6.79 Å². The van der Waals surface area contributed by atoms with Crippen molar-refractivity contribution in [1.29, 1.82) is 0 Å². The molecule has 1 amide bonds. The summed E-state index contributed by atoms with van der Waals surface area (Å²) >= 11 is 0. The molecule has 0 radical (unpaired) electrons. The van der Waals surface area contributed by atoms with Gasteiger partial charge in [0.1, 0.15) is 5.75 Å². The monoisotopic (exact) mass is 383 g/mol. The summed E-state index contributed by atoms with van der Waals surface area (Å²) in [6.45, 7) is 5.45. The molecular weight excluding hydrogens is 358 g/mol. The fourth-order valence-corrected chi connectivity index (χ4v) is 3.57. The number of fused-ring (bicyclic) bond motifs is 1. The van der Waals surface area contributed by atoms with Crippen molar-refractivity contribution in [2.24, 2.45) is 0 Å². The second-order valence-corrected chi connectivity index (χ2v) is 6.82. The van der Waals surface area contributed by atoms with Crippen molar-refractivity contribution < 1.29 is 19.0 Å². The van der Waals surface area contributed by atoms with E-state index in [1.165, 1.54) is 0 Å². The quantitative estimate of drug-likeness (QED) is 0.823. The standard InChI is InChI=1S/C21H25N3O4/c1-26-18-5-3-2-4-17(18)24-12-10-23(11-13-24)9-8-22-21(25)16-6-7-19-20(14-16)28-15-27-19/h2-7,14H,8-13,15H2,1H3,(H,22,25). The minimum absolute atomic E-state index is 0.0917. The molecule has 2 aliphatic heterocycles. The highest BCUT2D eigenvalue weighted by Crippen LogP contribution is 2.32. The number of amides is 1. The average molecular weight is 383 g/mol. The Morgan fingerprint density at radius 3 is 2.68 bits per heavy atom. The number of benzene rings is 2. The fourth-order valence-electron chi connectivity index (χ4n) is 3.57. The molecular formula is C21H25N3O4. The van der Waals surface area contributed by atoms with Gasteiger partial charge in [-0.2, -0.15) is 0 Å². The van der Waals surface area contributed by atoms with Crippen molar-refractivity contribution in [2.45, 2.75) is 0 Å². The van der Waals surface area contributed by atoms with Crippen LogP contribution in [-0.4, -0.2) is 64.0 Å². The Hall–Kier alpha value is -2.93. The highest BCUT2D eigenvalue weighted by Gasteiger charge is 2.20. The van der Waals surface area contributed by atoms with Crippen molar-refractivity contribution in [2.75, 3.05) is 58.1 Å². The number of anilines is 1. The molecule has 2 aromatic carbocycles. The molecule has 2 heterocycles. The Bertz CT molecular complexity index is 834. The highest BCUT2D eigenvalue weighted by atomic mass is 16.7.